The molecule has 2 aromatic carbocycles. The van der Waals surface area contributed by atoms with Gasteiger partial charge in [-0.05, 0) is 38.1 Å². The molecule has 0 radical (unpaired) electrons. The van der Waals surface area contributed by atoms with E-state index in [0.29, 0.717) is 5.57 Å². The topological polar surface area (TPSA) is 101 Å². The zero-order chi connectivity index (χ0) is 28.0. The van der Waals surface area contributed by atoms with Crippen LogP contribution in [0, 0.1) is 35.0 Å². The molecular formula is C29H24Cl2N2O6. The van der Waals surface area contributed by atoms with Crippen LogP contribution in [-0.2, 0) is 28.7 Å². The molecule has 2 aromatic rings. The van der Waals surface area contributed by atoms with Crippen molar-refractivity contribution in [3.63, 3.8) is 0 Å². The van der Waals surface area contributed by atoms with Crippen LogP contribution in [0.1, 0.15) is 20.8 Å². The number of para-hydroxylation sites is 2. The van der Waals surface area contributed by atoms with Gasteiger partial charge in [0.1, 0.15) is 0 Å². The normalized spacial score (nSPS) is 31.3. The second kappa shape index (κ2) is 8.76. The van der Waals surface area contributed by atoms with E-state index in [1.54, 1.807) is 69.3 Å². The molecule has 2 heterocycles. The highest BCUT2D eigenvalue weighted by Crippen LogP contribution is 2.69. The summed E-state index contributed by atoms with van der Waals surface area (Å²) < 4.78 is 5.39. The van der Waals surface area contributed by atoms with Gasteiger partial charge in [-0.2, -0.15) is 0 Å². The van der Waals surface area contributed by atoms with Crippen molar-refractivity contribution in [2.75, 3.05) is 16.4 Å². The number of carbonyl (C=O) groups excluding carboxylic acids is 5. The molecule has 0 aromatic heterocycles. The number of imide groups is 2. The number of benzene rings is 2. The first-order valence-corrected chi connectivity index (χ1v) is 13.5. The lowest BCUT2D eigenvalue weighted by atomic mass is 9.43. The third-order valence-corrected chi connectivity index (χ3v) is 9.51. The van der Waals surface area contributed by atoms with Crippen LogP contribution in [0.2, 0.25) is 10.0 Å². The highest BCUT2D eigenvalue weighted by molar-refractivity contribution is 6.37. The van der Waals surface area contributed by atoms with E-state index in [0.717, 1.165) is 9.80 Å². The molecule has 200 valence electrons. The van der Waals surface area contributed by atoms with Gasteiger partial charge in [0.25, 0.3) is 0 Å². The fourth-order valence-electron chi connectivity index (χ4n) is 7.55. The van der Waals surface area contributed by atoms with Crippen molar-refractivity contribution in [1.29, 1.82) is 0 Å². The minimum absolute atomic E-state index is 0.0792. The van der Waals surface area contributed by atoms with Crippen molar-refractivity contribution in [2.45, 2.75) is 20.8 Å². The minimum Gasteiger partial charge on any atom is -0.463 e. The molecule has 7 rings (SSSR count). The molecule has 0 spiro atoms. The van der Waals surface area contributed by atoms with E-state index < -0.39 is 64.6 Å². The number of nitrogens with zero attached hydrogens (tertiary/aromatic N) is 2. The molecule has 10 heteroatoms. The highest BCUT2D eigenvalue weighted by Gasteiger charge is 2.77. The number of allylic oxidation sites excluding steroid dienone is 1. The summed E-state index contributed by atoms with van der Waals surface area (Å²) in [5, 5.41) is 0.422. The lowest BCUT2D eigenvalue weighted by Crippen LogP contribution is -2.61. The molecule has 2 bridgehead atoms. The van der Waals surface area contributed by atoms with Crippen molar-refractivity contribution < 1.29 is 28.7 Å². The first kappa shape index (κ1) is 25.8. The van der Waals surface area contributed by atoms with Crippen molar-refractivity contribution in [1.82, 2.24) is 0 Å². The van der Waals surface area contributed by atoms with Crippen LogP contribution in [-0.4, -0.2) is 36.2 Å². The second-order valence-corrected chi connectivity index (χ2v) is 11.3. The zero-order valence-electron chi connectivity index (χ0n) is 21.3. The van der Waals surface area contributed by atoms with Crippen LogP contribution in [0.5, 0.6) is 0 Å². The number of rotatable bonds is 4. The number of hydrogen-bond donors (Lipinski definition) is 0. The molecule has 4 amide bonds. The van der Waals surface area contributed by atoms with Crippen LogP contribution >= 0.6 is 23.2 Å². The molecule has 3 fully saturated rings. The Balaban J connectivity index is 1.57. The maximum atomic E-state index is 14.2. The number of hydrogen-bond acceptors (Lipinski definition) is 6. The summed E-state index contributed by atoms with van der Waals surface area (Å²) >= 11 is 12.8. The van der Waals surface area contributed by atoms with E-state index in [9.17, 15) is 24.0 Å². The van der Waals surface area contributed by atoms with Crippen molar-refractivity contribution in [3.05, 3.63) is 69.7 Å². The molecule has 0 N–H and O–H groups in total. The van der Waals surface area contributed by atoms with Crippen molar-refractivity contribution >= 4 is 64.2 Å². The van der Waals surface area contributed by atoms with Gasteiger partial charge in [0.05, 0.1) is 51.7 Å². The van der Waals surface area contributed by atoms with E-state index in [1.165, 1.54) is 0 Å². The Morgan fingerprint density at radius 3 is 1.64 bits per heavy atom. The summed E-state index contributed by atoms with van der Waals surface area (Å²) in [6.07, 6.45) is 0. The van der Waals surface area contributed by atoms with Gasteiger partial charge in [0.15, 0.2) is 0 Å². The first-order valence-electron chi connectivity index (χ1n) is 12.7. The molecule has 2 saturated heterocycles. The third-order valence-electron chi connectivity index (χ3n) is 8.87. The van der Waals surface area contributed by atoms with Gasteiger partial charge in [-0.15, -0.1) is 0 Å². The van der Waals surface area contributed by atoms with Gasteiger partial charge < -0.3 is 4.74 Å². The number of halogens is 2. The van der Waals surface area contributed by atoms with Gasteiger partial charge in [0.2, 0.25) is 23.6 Å². The maximum Gasteiger partial charge on any atom is 0.334 e. The fourth-order valence-corrected chi connectivity index (χ4v) is 7.99. The lowest BCUT2D eigenvalue weighted by molar-refractivity contribution is -0.155. The molecule has 39 heavy (non-hydrogen) atoms. The fraction of sp³-hybridized carbons (Fsp3) is 0.345. The van der Waals surface area contributed by atoms with Crippen LogP contribution < -0.4 is 9.80 Å². The number of esters is 1. The standard InChI is InChI=1S/C29H24Cl2N2O6/c1-4-39-28(38)21-13(2)18-19-22(26(36)32(24(19)34)16-11-7-5-9-14(16)30)29(21,3)23-20(18)25(35)33(27(23)37)17-12-8-6-10-15(17)31/h5-12,18-20,22-23H,4H2,1-3H3/t18?,19-,20+,22+,23-,29?. The summed E-state index contributed by atoms with van der Waals surface area (Å²) in [5.74, 6) is -7.72. The molecule has 2 aliphatic heterocycles. The summed E-state index contributed by atoms with van der Waals surface area (Å²) in [7, 11) is 0. The Bertz CT molecular complexity index is 1440. The molecule has 5 aliphatic rings. The smallest absolute Gasteiger partial charge is 0.334 e. The van der Waals surface area contributed by atoms with E-state index in [-0.39, 0.29) is 33.6 Å². The lowest BCUT2D eigenvalue weighted by Gasteiger charge is -2.55. The van der Waals surface area contributed by atoms with E-state index in [1.807, 2.05) is 0 Å². The predicted octanol–water partition coefficient (Wildman–Crippen LogP) is 4.43. The molecule has 8 nitrogen and oxygen atoms in total. The van der Waals surface area contributed by atoms with Crippen LogP contribution in [0.15, 0.2) is 59.7 Å². The molecule has 2 unspecified atom stereocenters. The van der Waals surface area contributed by atoms with Gasteiger partial charge in [-0.1, -0.05) is 60.0 Å². The summed E-state index contributed by atoms with van der Waals surface area (Å²) in [6, 6.07) is 13.0. The number of carbonyl (C=O) groups is 5. The van der Waals surface area contributed by atoms with Crippen molar-refractivity contribution in [3.8, 4) is 0 Å². The third kappa shape index (κ3) is 3.16. The summed E-state index contributed by atoms with van der Waals surface area (Å²) in [6.45, 7) is 5.06. The Morgan fingerprint density at radius 2 is 1.23 bits per heavy atom. The van der Waals surface area contributed by atoms with Gasteiger partial charge in [0, 0.05) is 16.9 Å². The summed E-state index contributed by atoms with van der Waals surface area (Å²) in [4.78, 5) is 71.9. The monoisotopic (exact) mass is 566 g/mol. The van der Waals surface area contributed by atoms with E-state index in [2.05, 4.69) is 0 Å². The number of anilines is 2. The SMILES string of the molecule is CCOC(=O)C1=C(C)C2[C@H]3C(=O)N(c4ccccc4Cl)C(=O)[C@H]3C1(C)[C@H]1C(=O)N(c3ccccc3Cl)C(=O)[C@@H]21. The van der Waals surface area contributed by atoms with Gasteiger partial charge >= 0.3 is 5.97 Å². The first-order chi connectivity index (χ1) is 18.6. The van der Waals surface area contributed by atoms with E-state index >= 15 is 0 Å². The van der Waals surface area contributed by atoms with Gasteiger partial charge in [-0.3, -0.25) is 19.2 Å². The zero-order valence-corrected chi connectivity index (χ0v) is 22.8. The molecule has 1 saturated carbocycles. The molecule has 3 aliphatic carbocycles. The summed E-state index contributed by atoms with van der Waals surface area (Å²) in [5.41, 5.74) is -0.375. The number of ether oxygens (including phenoxy) is 1. The quantitative estimate of drug-likeness (QED) is 0.400. The van der Waals surface area contributed by atoms with Crippen LogP contribution in [0.4, 0.5) is 11.4 Å². The second-order valence-electron chi connectivity index (χ2n) is 10.5. The maximum absolute atomic E-state index is 14.2. The van der Waals surface area contributed by atoms with Crippen LogP contribution in [0.3, 0.4) is 0 Å². The van der Waals surface area contributed by atoms with Crippen LogP contribution in [0.25, 0.3) is 0 Å². The average Bonchev–Trinajstić information content (AvgIpc) is 3.31. The Morgan fingerprint density at radius 1 is 0.795 bits per heavy atom. The van der Waals surface area contributed by atoms with Gasteiger partial charge in [-0.25, -0.2) is 14.6 Å². The van der Waals surface area contributed by atoms with Crippen molar-refractivity contribution in [2.24, 2.45) is 35.0 Å². The average molecular weight is 567 g/mol. The highest BCUT2D eigenvalue weighted by atomic mass is 35.5. The predicted molar refractivity (Wildman–Crippen MR) is 143 cm³/mol. The number of amides is 4. The minimum atomic E-state index is -1.49. The molecule has 6 atom stereocenters. The Kier molecular flexibility index (Phi) is 5.79. The molecular weight excluding hydrogens is 543 g/mol. The Labute approximate surface area is 234 Å². The Hall–Kier alpha value is -3.49. The largest absolute Gasteiger partial charge is 0.463 e. The van der Waals surface area contributed by atoms with E-state index in [4.69, 9.17) is 27.9 Å².